The van der Waals surface area contributed by atoms with Gasteiger partial charge in [0, 0.05) is 50.7 Å². The van der Waals surface area contributed by atoms with E-state index in [0.717, 1.165) is 55.7 Å². The highest BCUT2D eigenvalue weighted by molar-refractivity contribution is 5.45. The van der Waals surface area contributed by atoms with Gasteiger partial charge in [-0.25, -0.2) is 14.6 Å². The molecule has 2 fully saturated rings. The monoisotopic (exact) mass is 376 g/mol. The quantitative estimate of drug-likeness (QED) is 0.685. The van der Waals surface area contributed by atoms with Gasteiger partial charge in [0.2, 0.25) is 0 Å². The Morgan fingerprint density at radius 1 is 0.964 bits per heavy atom. The van der Waals surface area contributed by atoms with Crippen molar-refractivity contribution in [3.63, 3.8) is 0 Å². The summed E-state index contributed by atoms with van der Waals surface area (Å²) < 4.78 is 1.89. The number of aromatic nitrogens is 6. The SMILES string of the molecule is Cc1cc(C)n(-c2cc(N3CC4CN(Cc5ccnnc5)CC4C3)ncn2)n1. The first-order valence-electron chi connectivity index (χ1n) is 9.74. The first-order valence-corrected chi connectivity index (χ1v) is 9.74. The maximum atomic E-state index is 4.55. The van der Waals surface area contributed by atoms with Crippen LogP contribution in [-0.2, 0) is 6.54 Å². The van der Waals surface area contributed by atoms with E-state index in [1.165, 1.54) is 5.56 Å². The summed E-state index contributed by atoms with van der Waals surface area (Å²) in [5.41, 5.74) is 3.32. The van der Waals surface area contributed by atoms with Crippen LogP contribution < -0.4 is 4.90 Å². The molecule has 0 bridgehead atoms. The fourth-order valence-corrected chi connectivity index (χ4v) is 4.56. The van der Waals surface area contributed by atoms with E-state index in [1.807, 2.05) is 17.8 Å². The first-order chi connectivity index (χ1) is 13.7. The van der Waals surface area contributed by atoms with Crippen LogP contribution in [0.2, 0.25) is 0 Å². The smallest absolute Gasteiger partial charge is 0.159 e. The summed E-state index contributed by atoms with van der Waals surface area (Å²) in [6.45, 7) is 9.35. The lowest BCUT2D eigenvalue weighted by atomic mass is 10.0. The zero-order chi connectivity index (χ0) is 19.1. The first kappa shape index (κ1) is 17.2. The predicted octanol–water partition coefficient (Wildman–Crippen LogP) is 1.64. The van der Waals surface area contributed by atoms with Crippen LogP contribution in [0.15, 0.2) is 36.9 Å². The van der Waals surface area contributed by atoms with Gasteiger partial charge in [-0.05, 0) is 43.4 Å². The Morgan fingerprint density at radius 2 is 1.75 bits per heavy atom. The Bertz CT molecular complexity index is 955. The van der Waals surface area contributed by atoms with Crippen LogP contribution in [0.3, 0.4) is 0 Å². The standard InChI is InChI=1S/C20H24N8/c1-14-5-15(2)28(25-14)20-6-19(21-13-22-20)27-11-17-9-26(10-18(17)12-27)8-16-3-4-23-24-7-16/h3-7,13,17-18H,8-12H2,1-2H3. The summed E-state index contributed by atoms with van der Waals surface area (Å²) in [6, 6.07) is 6.17. The molecule has 0 radical (unpaired) electrons. The summed E-state index contributed by atoms with van der Waals surface area (Å²) >= 11 is 0. The molecule has 0 spiro atoms. The van der Waals surface area contributed by atoms with Crippen LogP contribution in [0, 0.1) is 25.7 Å². The second kappa shape index (κ2) is 6.94. The van der Waals surface area contributed by atoms with Crippen molar-refractivity contribution in [2.24, 2.45) is 11.8 Å². The van der Waals surface area contributed by atoms with E-state index < -0.39 is 0 Å². The van der Waals surface area contributed by atoms with Crippen molar-refractivity contribution in [2.75, 3.05) is 31.1 Å². The number of hydrogen-bond acceptors (Lipinski definition) is 7. The lowest BCUT2D eigenvalue weighted by Gasteiger charge is -2.22. The zero-order valence-electron chi connectivity index (χ0n) is 16.2. The molecule has 8 heteroatoms. The maximum Gasteiger partial charge on any atom is 0.159 e. The van der Waals surface area contributed by atoms with Crippen molar-refractivity contribution in [1.82, 2.24) is 34.8 Å². The van der Waals surface area contributed by atoms with Gasteiger partial charge in [0.1, 0.15) is 12.1 Å². The van der Waals surface area contributed by atoms with Gasteiger partial charge in [-0.3, -0.25) is 4.90 Å². The molecule has 3 aromatic heterocycles. The van der Waals surface area contributed by atoms with Crippen molar-refractivity contribution in [1.29, 1.82) is 0 Å². The summed E-state index contributed by atoms with van der Waals surface area (Å²) in [6.07, 6.45) is 5.28. The van der Waals surface area contributed by atoms with Crippen LogP contribution in [0.4, 0.5) is 5.82 Å². The minimum atomic E-state index is 0.682. The number of hydrogen-bond donors (Lipinski definition) is 0. The molecular weight excluding hydrogens is 352 g/mol. The molecule has 28 heavy (non-hydrogen) atoms. The highest BCUT2D eigenvalue weighted by Gasteiger charge is 2.40. The van der Waals surface area contributed by atoms with E-state index in [4.69, 9.17) is 0 Å². The topological polar surface area (TPSA) is 75.9 Å². The van der Waals surface area contributed by atoms with Gasteiger partial charge in [0.05, 0.1) is 11.9 Å². The molecule has 5 rings (SSSR count). The third kappa shape index (κ3) is 3.24. The molecule has 0 amide bonds. The number of aryl methyl sites for hydroxylation is 2. The number of anilines is 1. The van der Waals surface area contributed by atoms with Gasteiger partial charge in [-0.1, -0.05) is 0 Å². The molecule has 3 aromatic rings. The Balaban J connectivity index is 1.27. The lowest BCUT2D eigenvalue weighted by Crippen LogP contribution is -2.29. The number of rotatable bonds is 4. The average molecular weight is 376 g/mol. The number of nitrogens with zero attached hydrogens (tertiary/aromatic N) is 8. The molecule has 8 nitrogen and oxygen atoms in total. The van der Waals surface area contributed by atoms with Gasteiger partial charge < -0.3 is 4.90 Å². The van der Waals surface area contributed by atoms with Crippen LogP contribution >= 0.6 is 0 Å². The summed E-state index contributed by atoms with van der Waals surface area (Å²) in [5.74, 6) is 3.19. The molecule has 0 aliphatic carbocycles. The van der Waals surface area contributed by atoms with Gasteiger partial charge >= 0.3 is 0 Å². The molecule has 0 aromatic carbocycles. The van der Waals surface area contributed by atoms with Gasteiger partial charge in [0.15, 0.2) is 5.82 Å². The Kier molecular flexibility index (Phi) is 4.27. The van der Waals surface area contributed by atoms with Crippen molar-refractivity contribution in [3.05, 3.63) is 53.9 Å². The molecule has 144 valence electrons. The van der Waals surface area contributed by atoms with E-state index >= 15 is 0 Å². The van der Waals surface area contributed by atoms with E-state index in [-0.39, 0.29) is 0 Å². The van der Waals surface area contributed by atoms with Crippen molar-refractivity contribution in [2.45, 2.75) is 20.4 Å². The molecule has 0 saturated carbocycles. The van der Waals surface area contributed by atoms with Crippen molar-refractivity contribution < 1.29 is 0 Å². The third-order valence-corrected chi connectivity index (χ3v) is 5.80. The van der Waals surface area contributed by atoms with Crippen LogP contribution in [0.5, 0.6) is 0 Å². The van der Waals surface area contributed by atoms with E-state index in [1.54, 1.807) is 12.5 Å². The van der Waals surface area contributed by atoms with Gasteiger partial charge in [0.25, 0.3) is 0 Å². The molecule has 2 saturated heterocycles. The minimum absolute atomic E-state index is 0.682. The summed E-state index contributed by atoms with van der Waals surface area (Å²) in [4.78, 5) is 13.9. The van der Waals surface area contributed by atoms with Crippen LogP contribution in [0.25, 0.3) is 5.82 Å². The molecule has 2 aliphatic heterocycles. The fourth-order valence-electron chi connectivity index (χ4n) is 4.56. The number of fused-ring (bicyclic) bond motifs is 1. The van der Waals surface area contributed by atoms with E-state index in [0.29, 0.717) is 11.8 Å². The highest BCUT2D eigenvalue weighted by Crippen LogP contribution is 2.34. The normalized spacial score (nSPS) is 22.0. The number of likely N-dealkylation sites (tertiary alicyclic amines) is 1. The average Bonchev–Trinajstić information content (AvgIpc) is 3.35. The molecular formula is C20H24N8. The van der Waals surface area contributed by atoms with Gasteiger partial charge in [-0.2, -0.15) is 15.3 Å². The summed E-state index contributed by atoms with van der Waals surface area (Å²) in [5, 5.41) is 12.4. The van der Waals surface area contributed by atoms with Crippen molar-refractivity contribution >= 4 is 5.82 Å². The molecule has 5 heterocycles. The Morgan fingerprint density at radius 3 is 2.43 bits per heavy atom. The molecule has 2 atom stereocenters. The van der Waals surface area contributed by atoms with Crippen LogP contribution in [0.1, 0.15) is 17.0 Å². The zero-order valence-corrected chi connectivity index (χ0v) is 16.2. The Labute approximate surface area is 164 Å². The highest BCUT2D eigenvalue weighted by atomic mass is 15.3. The summed E-state index contributed by atoms with van der Waals surface area (Å²) in [7, 11) is 0. The van der Waals surface area contributed by atoms with Crippen molar-refractivity contribution in [3.8, 4) is 5.82 Å². The third-order valence-electron chi connectivity index (χ3n) is 5.80. The maximum absolute atomic E-state index is 4.55. The van der Waals surface area contributed by atoms with Crippen LogP contribution in [-0.4, -0.2) is 61.0 Å². The van der Waals surface area contributed by atoms with E-state index in [9.17, 15) is 0 Å². The van der Waals surface area contributed by atoms with Gasteiger partial charge in [-0.15, -0.1) is 0 Å². The second-order valence-corrected chi connectivity index (χ2v) is 7.94. The second-order valence-electron chi connectivity index (χ2n) is 7.94. The molecule has 2 unspecified atom stereocenters. The Hall–Kier alpha value is -2.87. The largest absolute Gasteiger partial charge is 0.356 e. The molecule has 2 aliphatic rings. The molecule has 0 N–H and O–H groups in total. The lowest BCUT2D eigenvalue weighted by molar-refractivity contribution is 0.308. The fraction of sp³-hybridized carbons (Fsp3) is 0.450. The predicted molar refractivity (Wildman–Crippen MR) is 105 cm³/mol. The van der Waals surface area contributed by atoms with E-state index in [2.05, 4.69) is 60.2 Å². The minimum Gasteiger partial charge on any atom is -0.356 e.